The molecule has 2 amide bonds. The lowest BCUT2D eigenvalue weighted by Crippen LogP contribution is -2.27. The van der Waals surface area contributed by atoms with E-state index < -0.39 is 17.0 Å². The number of imide groups is 1. The van der Waals surface area contributed by atoms with Crippen LogP contribution in [0.3, 0.4) is 0 Å². The molecule has 0 radical (unpaired) electrons. The first-order valence-electron chi connectivity index (χ1n) is 6.90. The molecule has 0 atom stereocenters. The molecule has 1 saturated heterocycles. The Morgan fingerprint density at radius 3 is 2.46 bits per heavy atom. The van der Waals surface area contributed by atoms with Gasteiger partial charge in [0.05, 0.1) is 16.5 Å². The van der Waals surface area contributed by atoms with Crippen molar-refractivity contribution in [3.63, 3.8) is 0 Å². The summed E-state index contributed by atoms with van der Waals surface area (Å²) < 4.78 is 13.9. The number of rotatable bonds is 3. The number of carbonyl (C=O) groups is 2. The molecule has 0 aromatic heterocycles. The molecule has 3 nitrogen and oxygen atoms in total. The van der Waals surface area contributed by atoms with E-state index in [2.05, 4.69) is 0 Å². The van der Waals surface area contributed by atoms with Crippen molar-refractivity contribution in [1.29, 1.82) is 0 Å². The standard InChI is InChI=1S/C17H10Cl2FNO2S/c18-12-5-2-1-4-10(12)9-21-16(22)15(24-17(21)23)8-11-13(19)6-3-7-14(11)20/h1-8H,9H2. The average Bonchev–Trinajstić information content (AvgIpc) is 2.80. The van der Waals surface area contributed by atoms with Crippen molar-refractivity contribution in [3.05, 3.63) is 74.4 Å². The van der Waals surface area contributed by atoms with Crippen LogP contribution in [0.4, 0.5) is 9.18 Å². The highest BCUT2D eigenvalue weighted by molar-refractivity contribution is 8.18. The van der Waals surface area contributed by atoms with Crippen LogP contribution in [-0.2, 0) is 11.3 Å². The minimum atomic E-state index is -0.555. The van der Waals surface area contributed by atoms with Crippen LogP contribution in [0.1, 0.15) is 11.1 Å². The first-order chi connectivity index (χ1) is 11.5. The first kappa shape index (κ1) is 17.0. The third-order valence-electron chi connectivity index (χ3n) is 3.44. The van der Waals surface area contributed by atoms with Gasteiger partial charge < -0.3 is 0 Å². The maximum atomic E-state index is 13.9. The number of hydrogen-bond acceptors (Lipinski definition) is 3. The van der Waals surface area contributed by atoms with Crippen molar-refractivity contribution in [2.75, 3.05) is 0 Å². The van der Waals surface area contributed by atoms with Crippen molar-refractivity contribution >= 4 is 52.2 Å². The lowest BCUT2D eigenvalue weighted by Gasteiger charge is -2.13. The van der Waals surface area contributed by atoms with E-state index in [-0.39, 0.29) is 22.0 Å². The topological polar surface area (TPSA) is 37.4 Å². The SMILES string of the molecule is O=C1SC(=Cc2c(F)cccc2Cl)C(=O)N1Cc1ccccc1Cl. The molecule has 0 unspecified atom stereocenters. The van der Waals surface area contributed by atoms with E-state index in [0.29, 0.717) is 10.6 Å². The first-order valence-corrected chi connectivity index (χ1v) is 8.47. The van der Waals surface area contributed by atoms with Crippen LogP contribution in [0, 0.1) is 5.82 Å². The van der Waals surface area contributed by atoms with Gasteiger partial charge in [-0.15, -0.1) is 0 Å². The van der Waals surface area contributed by atoms with Gasteiger partial charge in [-0.25, -0.2) is 4.39 Å². The van der Waals surface area contributed by atoms with Crippen LogP contribution >= 0.6 is 35.0 Å². The lowest BCUT2D eigenvalue weighted by molar-refractivity contribution is -0.123. The van der Waals surface area contributed by atoms with Gasteiger partial charge in [0.1, 0.15) is 5.82 Å². The lowest BCUT2D eigenvalue weighted by atomic mass is 10.2. The monoisotopic (exact) mass is 381 g/mol. The van der Waals surface area contributed by atoms with Crippen molar-refractivity contribution < 1.29 is 14.0 Å². The minimum Gasteiger partial charge on any atom is -0.268 e. The number of halogens is 3. The third kappa shape index (κ3) is 3.34. The average molecular weight is 382 g/mol. The van der Waals surface area contributed by atoms with Gasteiger partial charge in [-0.2, -0.15) is 0 Å². The molecular formula is C17H10Cl2FNO2S. The van der Waals surface area contributed by atoms with E-state index in [9.17, 15) is 14.0 Å². The zero-order valence-corrected chi connectivity index (χ0v) is 14.5. The number of thioether (sulfide) groups is 1. The number of carbonyl (C=O) groups excluding carboxylic acids is 2. The molecule has 1 heterocycles. The summed E-state index contributed by atoms with van der Waals surface area (Å²) in [5.41, 5.74) is 0.744. The third-order valence-corrected chi connectivity index (χ3v) is 5.04. The Kier molecular flexibility index (Phi) is 4.94. The molecule has 1 fully saturated rings. The van der Waals surface area contributed by atoms with Crippen molar-refractivity contribution in [1.82, 2.24) is 4.90 Å². The molecule has 0 aliphatic carbocycles. The highest BCUT2D eigenvalue weighted by Gasteiger charge is 2.35. The zero-order chi connectivity index (χ0) is 17.3. The van der Waals surface area contributed by atoms with Gasteiger partial charge in [0, 0.05) is 10.6 Å². The summed E-state index contributed by atoms with van der Waals surface area (Å²) in [7, 11) is 0. The summed E-state index contributed by atoms with van der Waals surface area (Å²) in [4.78, 5) is 25.8. The van der Waals surface area contributed by atoms with Gasteiger partial charge in [0.15, 0.2) is 0 Å². The molecule has 24 heavy (non-hydrogen) atoms. The second-order valence-corrected chi connectivity index (χ2v) is 6.80. The fourth-order valence-corrected chi connectivity index (χ4v) is 3.45. The summed E-state index contributed by atoms with van der Waals surface area (Å²) in [6, 6.07) is 11.2. The molecule has 0 N–H and O–H groups in total. The normalized spacial score (nSPS) is 16.3. The highest BCUT2D eigenvalue weighted by atomic mass is 35.5. The number of nitrogens with zero attached hydrogens (tertiary/aromatic N) is 1. The fraction of sp³-hybridized carbons (Fsp3) is 0.0588. The number of hydrogen-bond donors (Lipinski definition) is 0. The van der Waals surface area contributed by atoms with Gasteiger partial charge in [0.25, 0.3) is 11.1 Å². The molecule has 1 aliphatic heterocycles. The van der Waals surface area contributed by atoms with E-state index in [0.717, 1.165) is 16.7 Å². The van der Waals surface area contributed by atoms with Gasteiger partial charge in [-0.1, -0.05) is 47.5 Å². The van der Waals surface area contributed by atoms with Crippen LogP contribution in [0.5, 0.6) is 0 Å². The second kappa shape index (κ2) is 6.97. The smallest absolute Gasteiger partial charge is 0.268 e. The maximum absolute atomic E-state index is 13.9. The van der Waals surface area contributed by atoms with E-state index in [1.807, 2.05) is 0 Å². The summed E-state index contributed by atoms with van der Waals surface area (Å²) in [5, 5.41) is 0.212. The molecule has 3 rings (SSSR count). The summed E-state index contributed by atoms with van der Waals surface area (Å²) in [6.45, 7) is 0.0622. The Labute approximate surface area is 152 Å². The van der Waals surface area contributed by atoms with Crippen LogP contribution in [-0.4, -0.2) is 16.0 Å². The Morgan fingerprint density at radius 2 is 1.75 bits per heavy atom. The Morgan fingerprint density at radius 1 is 1.04 bits per heavy atom. The minimum absolute atomic E-state index is 0.0622. The Bertz CT molecular complexity index is 849. The van der Waals surface area contributed by atoms with Crippen LogP contribution in [0.25, 0.3) is 6.08 Å². The van der Waals surface area contributed by atoms with E-state index in [1.54, 1.807) is 24.3 Å². The summed E-state index contributed by atoms with van der Waals surface area (Å²) >= 11 is 12.8. The summed E-state index contributed by atoms with van der Waals surface area (Å²) in [5.74, 6) is -1.05. The van der Waals surface area contributed by atoms with Gasteiger partial charge in [-0.3, -0.25) is 14.5 Å². The Hall–Kier alpha value is -1.82. The molecule has 2 aromatic rings. The second-order valence-electron chi connectivity index (χ2n) is 4.99. The van der Waals surface area contributed by atoms with Crippen LogP contribution < -0.4 is 0 Å². The molecule has 122 valence electrons. The van der Waals surface area contributed by atoms with Crippen molar-refractivity contribution in [3.8, 4) is 0 Å². The maximum Gasteiger partial charge on any atom is 0.293 e. The quantitative estimate of drug-likeness (QED) is 0.670. The van der Waals surface area contributed by atoms with Crippen molar-refractivity contribution in [2.45, 2.75) is 6.54 Å². The molecular weight excluding hydrogens is 372 g/mol. The molecule has 7 heteroatoms. The summed E-state index contributed by atoms with van der Waals surface area (Å²) in [6.07, 6.45) is 1.30. The molecule has 2 aromatic carbocycles. The van der Waals surface area contributed by atoms with Gasteiger partial charge >= 0.3 is 0 Å². The molecule has 0 saturated carbocycles. The van der Waals surface area contributed by atoms with E-state index in [4.69, 9.17) is 23.2 Å². The van der Waals surface area contributed by atoms with Gasteiger partial charge in [0.2, 0.25) is 0 Å². The predicted octanol–water partition coefficient (Wildman–Crippen LogP) is 5.37. The number of amides is 2. The largest absolute Gasteiger partial charge is 0.293 e. The zero-order valence-electron chi connectivity index (χ0n) is 12.1. The van der Waals surface area contributed by atoms with Crippen molar-refractivity contribution in [2.24, 2.45) is 0 Å². The highest BCUT2D eigenvalue weighted by Crippen LogP contribution is 2.35. The number of benzene rings is 2. The molecule has 0 bridgehead atoms. The van der Waals surface area contributed by atoms with Crippen LogP contribution in [0.15, 0.2) is 47.4 Å². The molecule has 0 spiro atoms. The van der Waals surface area contributed by atoms with Gasteiger partial charge in [-0.05, 0) is 41.6 Å². The van der Waals surface area contributed by atoms with Crippen LogP contribution in [0.2, 0.25) is 10.0 Å². The predicted molar refractivity (Wildman–Crippen MR) is 94.4 cm³/mol. The fourth-order valence-electron chi connectivity index (χ4n) is 2.21. The molecule has 1 aliphatic rings. The van der Waals surface area contributed by atoms with E-state index in [1.165, 1.54) is 24.3 Å². The van der Waals surface area contributed by atoms with E-state index >= 15 is 0 Å². The Balaban J connectivity index is 1.89.